The van der Waals surface area contributed by atoms with Gasteiger partial charge in [-0.2, -0.15) is 0 Å². The number of aromatic nitrogens is 1. The Morgan fingerprint density at radius 1 is 1.50 bits per heavy atom. The van der Waals surface area contributed by atoms with Crippen LogP contribution < -0.4 is 5.32 Å². The highest BCUT2D eigenvalue weighted by Crippen LogP contribution is 2.25. The largest absolute Gasteiger partial charge is 0.365 e. The SMILES string of the molecule is CNc1nc(C)c(Cc2cccc([N+](=O)[O-])c2)s1. The minimum Gasteiger partial charge on any atom is -0.365 e. The number of nitro groups is 1. The zero-order chi connectivity index (χ0) is 13.1. The third-order valence-corrected chi connectivity index (χ3v) is 3.77. The predicted octanol–water partition coefficient (Wildman–Crippen LogP) is 2.99. The van der Waals surface area contributed by atoms with Gasteiger partial charge in [-0.15, -0.1) is 11.3 Å². The number of aryl methyl sites for hydroxylation is 1. The van der Waals surface area contributed by atoms with E-state index >= 15 is 0 Å². The Balaban J connectivity index is 2.25. The molecule has 2 aromatic rings. The van der Waals surface area contributed by atoms with Crippen molar-refractivity contribution < 1.29 is 4.92 Å². The summed E-state index contributed by atoms with van der Waals surface area (Å²) in [6.45, 7) is 1.95. The Bertz CT molecular complexity index is 580. The van der Waals surface area contributed by atoms with Crippen molar-refractivity contribution in [2.75, 3.05) is 12.4 Å². The van der Waals surface area contributed by atoms with Crippen LogP contribution in [0.5, 0.6) is 0 Å². The van der Waals surface area contributed by atoms with Crippen molar-refractivity contribution in [3.05, 3.63) is 50.5 Å². The topological polar surface area (TPSA) is 68.1 Å². The zero-order valence-electron chi connectivity index (χ0n) is 10.1. The van der Waals surface area contributed by atoms with Crippen molar-refractivity contribution in [2.24, 2.45) is 0 Å². The second kappa shape index (κ2) is 5.14. The predicted molar refractivity (Wildman–Crippen MR) is 72.3 cm³/mol. The van der Waals surface area contributed by atoms with Gasteiger partial charge in [0.05, 0.1) is 10.6 Å². The normalized spacial score (nSPS) is 10.3. The van der Waals surface area contributed by atoms with Crippen LogP contribution in [0.3, 0.4) is 0 Å². The number of thiazole rings is 1. The highest BCUT2D eigenvalue weighted by molar-refractivity contribution is 7.15. The van der Waals surface area contributed by atoms with E-state index in [9.17, 15) is 10.1 Å². The molecule has 0 radical (unpaired) electrons. The van der Waals surface area contributed by atoms with E-state index in [1.54, 1.807) is 23.5 Å². The molecule has 1 aromatic carbocycles. The fourth-order valence-electron chi connectivity index (χ4n) is 1.66. The van der Waals surface area contributed by atoms with Crippen molar-refractivity contribution in [1.82, 2.24) is 4.98 Å². The first-order valence-corrected chi connectivity index (χ1v) is 6.29. The fourth-order valence-corrected chi connectivity index (χ4v) is 2.61. The summed E-state index contributed by atoms with van der Waals surface area (Å²) in [5.74, 6) is 0. The number of benzene rings is 1. The number of rotatable bonds is 4. The molecule has 1 aromatic heterocycles. The Hall–Kier alpha value is -1.95. The first-order chi connectivity index (χ1) is 8.60. The number of nitro benzene ring substituents is 1. The lowest BCUT2D eigenvalue weighted by atomic mass is 10.1. The van der Waals surface area contributed by atoms with Crippen LogP contribution in [0.15, 0.2) is 24.3 Å². The van der Waals surface area contributed by atoms with E-state index in [1.165, 1.54) is 6.07 Å². The van der Waals surface area contributed by atoms with E-state index in [0.717, 1.165) is 21.3 Å². The standard InChI is InChI=1S/C12H13N3O2S/c1-8-11(18-12(13-2)14-8)7-9-4-3-5-10(6-9)15(16)17/h3-6H,7H2,1-2H3,(H,13,14). The molecule has 0 unspecified atom stereocenters. The molecule has 2 rings (SSSR count). The van der Waals surface area contributed by atoms with E-state index in [-0.39, 0.29) is 10.6 Å². The molecule has 5 nitrogen and oxygen atoms in total. The van der Waals surface area contributed by atoms with E-state index in [4.69, 9.17) is 0 Å². The van der Waals surface area contributed by atoms with Crippen LogP contribution >= 0.6 is 11.3 Å². The van der Waals surface area contributed by atoms with Gasteiger partial charge in [-0.1, -0.05) is 12.1 Å². The van der Waals surface area contributed by atoms with E-state index in [1.807, 2.05) is 20.0 Å². The molecule has 0 fully saturated rings. The van der Waals surface area contributed by atoms with Gasteiger partial charge in [0.25, 0.3) is 5.69 Å². The summed E-state index contributed by atoms with van der Waals surface area (Å²) < 4.78 is 0. The summed E-state index contributed by atoms with van der Waals surface area (Å²) in [5, 5.41) is 14.6. The van der Waals surface area contributed by atoms with Gasteiger partial charge in [0.2, 0.25) is 0 Å². The fraction of sp³-hybridized carbons (Fsp3) is 0.250. The summed E-state index contributed by atoms with van der Waals surface area (Å²) in [7, 11) is 1.83. The van der Waals surface area contributed by atoms with E-state index in [0.29, 0.717) is 6.42 Å². The highest BCUT2D eigenvalue weighted by Gasteiger charge is 2.10. The van der Waals surface area contributed by atoms with Gasteiger partial charge >= 0.3 is 0 Å². The van der Waals surface area contributed by atoms with Crippen molar-refractivity contribution in [3.8, 4) is 0 Å². The van der Waals surface area contributed by atoms with E-state index < -0.39 is 0 Å². The Morgan fingerprint density at radius 2 is 2.28 bits per heavy atom. The lowest BCUT2D eigenvalue weighted by molar-refractivity contribution is -0.384. The molecule has 0 atom stereocenters. The van der Waals surface area contributed by atoms with Gasteiger partial charge in [0.15, 0.2) is 5.13 Å². The number of hydrogen-bond donors (Lipinski definition) is 1. The van der Waals surface area contributed by atoms with Crippen molar-refractivity contribution in [3.63, 3.8) is 0 Å². The first kappa shape index (κ1) is 12.5. The lowest BCUT2D eigenvalue weighted by Crippen LogP contribution is -1.91. The minimum atomic E-state index is -0.373. The average Bonchev–Trinajstić information content (AvgIpc) is 2.70. The molecule has 18 heavy (non-hydrogen) atoms. The molecule has 0 saturated carbocycles. The maximum atomic E-state index is 10.7. The summed E-state index contributed by atoms with van der Waals surface area (Å²) in [6, 6.07) is 6.72. The van der Waals surface area contributed by atoms with Gasteiger partial charge < -0.3 is 5.32 Å². The van der Waals surface area contributed by atoms with Crippen LogP contribution in [-0.4, -0.2) is 17.0 Å². The second-order valence-electron chi connectivity index (χ2n) is 3.88. The number of nitrogens with zero attached hydrogens (tertiary/aromatic N) is 2. The maximum absolute atomic E-state index is 10.7. The minimum absolute atomic E-state index is 0.128. The molecular formula is C12H13N3O2S. The summed E-state index contributed by atoms with van der Waals surface area (Å²) in [5.41, 5.74) is 2.03. The van der Waals surface area contributed by atoms with E-state index in [2.05, 4.69) is 10.3 Å². The summed E-state index contributed by atoms with van der Waals surface area (Å²) in [4.78, 5) is 15.8. The number of anilines is 1. The van der Waals surface area contributed by atoms with Crippen LogP contribution in [-0.2, 0) is 6.42 Å². The number of nitrogens with one attached hydrogen (secondary N) is 1. The monoisotopic (exact) mass is 263 g/mol. The zero-order valence-corrected chi connectivity index (χ0v) is 11.0. The molecule has 6 heteroatoms. The molecule has 1 heterocycles. The Kier molecular flexibility index (Phi) is 3.57. The van der Waals surface area contributed by atoms with Gasteiger partial charge in [-0.3, -0.25) is 10.1 Å². The third kappa shape index (κ3) is 2.65. The first-order valence-electron chi connectivity index (χ1n) is 5.47. The molecule has 0 bridgehead atoms. The summed E-state index contributed by atoms with van der Waals surface area (Å²) >= 11 is 1.58. The lowest BCUT2D eigenvalue weighted by Gasteiger charge is -1.99. The molecular weight excluding hydrogens is 250 g/mol. The maximum Gasteiger partial charge on any atom is 0.269 e. The van der Waals surface area contributed by atoms with Gasteiger partial charge in [0.1, 0.15) is 0 Å². The van der Waals surface area contributed by atoms with Crippen molar-refractivity contribution in [2.45, 2.75) is 13.3 Å². The third-order valence-electron chi connectivity index (χ3n) is 2.59. The molecule has 94 valence electrons. The van der Waals surface area contributed by atoms with Crippen molar-refractivity contribution >= 4 is 22.2 Å². The quantitative estimate of drug-likeness (QED) is 0.680. The Labute approximate surface area is 109 Å². The van der Waals surface area contributed by atoms with Gasteiger partial charge in [-0.05, 0) is 12.5 Å². The van der Waals surface area contributed by atoms with Gasteiger partial charge in [-0.25, -0.2) is 4.98 Å². The van der Waals surface area contributed by atoms with Crippen LogP contribution in [0, 0.1) is 17.0 Å². The second-order valence-corrected chi connectivity index (χ2v) is 4.97. The Morgan fingerprint density at radius 3 is 2.89 bits per heavy atom. The molecule has 0 amide bonds. The molecule has 1 N–H and O–H groups in total. The van der Waals surface area contributed by atoms with Crippen molar-refractivity contribution in [1.29, 1.82) is 0 Å². The smallest absolute Gasteiger partial charge is 0.269 e. The highest BCUT2D eigenvalue weighted by atomic mass is 32.1. The molecule has 0 aliphatic heterocycles. The summed E-state index contributed by atoms with van der Waals surface area (Å²) in [6.07, 6.45) is 0.673. The molecule has 0 aliphatic rings. The molecule has 0 aliphatic carbocycles. The van der Waals surface area contributed by atoms with Crippen LogP contribution in [0.4, 0.5) is 10.8 Å². The number of hydrogen-bond acceptors (Lipinski definition) is 5. The van der Waals surface area contributed by atoms with Gasteiger partial charge in [0, 0.05) is 30.5 Å². The molecule has 0 saturated heterocycles. The van der Waals surface area contributed by atoms with Crippen LogP contribution in [0.25, 0.3) is 0 Å². The molecule has 0 spiro atoms. The number of non-ortho nitro benzene ring substituents is 1. The average molecular weight is 263 g/mol. The van der Waals surface area contributed by atoms with Crippen LogP contribution in [0.1, 0.15) is 16.1 Å². The van der Waals surface area contributed by atoms with Crippen LogP contribution in [0.2, 0.25) is 0 Å².